The first-order valence-corrected chi connectivity index (χ1v) is 7.55. The zero-order valence-electron chi connectivity index (χ0n) is 10.3. The van der Waals surface area contributed by atoms with Gasteiger partial charge in [0.25, 0.3) is 0 Å². The van der Waals surface area contributed by atoms with Gasteiger partial charge in [-0.25, -0.2) is 0 Å². The minimum absolute atomic E-state index is 0.00680. The van der Waals surface area contributed by atoms with Gasteiger partial charge in [0.15, 0.2) is 0 Å². The molecule has 0 fully saturated rings. The van der Waals surface area contributed by atoms with Crippen molar-refractivity contribution in [3.8, 4) is 0 Å². The molecule has 1 N–H and O–H groups in total. The number of nitrogens with zero attached hydrogens (tertiary/aromatic N) is 2. The van der Waals surface area contributed by atoms with Gasteiger partial charge in [-0.15, -0.1) is 10.2 Å². The van der Waals surface area contributed by atoms with Crippen LogP contribution >= 0.6 is 22.7 Å². The fraction of sp³-hybridized carbons (Fsp3) is 0.417. The van der Waals surface area contributed by atoms with E-state index in [9.17, 15) is 4.79 Å². The molecule has 0 aromatic carbocycles. The summed E-state index contributed by atoms with van der Waals surface area (Å²) < 4.78 is 0. The van der Waals surface area contributed by atoms with E-state index in [-0.39, 0.29) is 5.91 Å². The predicted molar refractivity (Wildman–Crippen MR) is 75.3 cm³/mol. The number of anilines is 1. The Kier molecular flexibility index (Phi) is 4.43. The number of carbonyl (C=O) groups excluding carboxylic acids is 1. The SMILES string of the molecule is CC(C)c1nnc(NC(=O)CCc2ccsc2)s1. The molecule has 0 aliphatic carbocycles. The topological polar surface area (TPSA) is 54.9 Å². The molecule has 0 aliphatic rings. The summed E-state index contributed by atoms with van der Waals surface area (Å²) in [7, 11) is 0. The highest BCUT2D eigenvalue weighted by Gasteiger charge is 2.10. The predicted octanol–water partition coefficient (Wildman–Crippen LogP) is 3.29. The molecule has 2 heterocycles. The quantitative estimate of drug-likeness (QED) is 0.915. The summed E-state index contributed by atoms with van der Waals surface area (Å²) in [4.78, 5) is 11.7. The van der Waals surface area contributed by atoms with Crippen molar-refractivity contribution in [2.45, 2.75) is 32.6 Å². The second-order valence-corrected chi connectivity index (χ2v) is 6.07. The van der Waals surface area contributed by atoms with Gasteiger partial charge < -0.3 is 5.32 Å². The van der Waals surface area contributed by atoms with Crippen LogP contribution in [0.5, 0.6) is 0 Å². The van der Waals surface area contributed by atoms with Crippen LogP contribution in [0, 0.1) is 0 Å². The molecule has 2 aromatic heterocycles. The number of amides is 1. The monoisotopic (exact) mass is 281 g/mol. The minimum atomic E-state index is -0.00680. The van der Waals surface area contributed by atoms with Gasteiger partial charge in [-0.05, 0) is 28.8 Å². The molecule has 0 saturated heterocycles. The van der Waals surface area contributed by atoms with Crippen molar-refractivity contribution < 1.29 is 4.79 Å². The maximum absolute atomic E-state index is 11.7. The van der Waals surface area contributed by atoms with E-state index in [1.54, 1.807) is 11.3 Å². The number of hydrogen-bond donors (Lipinski definition) is 1. The fourth-order valence-corrected chi connectivity index (χ4v) is 2.86. The van der Waals surface area contributed by atoms with Crippen LogP contribution in [-0.2, 0) is 11.2 Å². The van der Waals surface area contributed by atoms with Crippen molar-refractivity contribution in [3.05, 3.63) is 27.4 Å². The van der Waals surface area contributed by atoms with Crippen LogP contribution in [0.25, 0.3) is 0 Å². The molecule has 0 aliphatic heterocycles. The van der Waals surface area contributed by atoms with Crippen molar-refractivity contribution in [3.63, 3.8) is 0 Å². The maximum atomic E-state index is 11.7. The Morgan fingerprint density at radius 1 is 1.44 bits per heavy atom. The van der Waals surface area contributed by atoms with Crippen LogP contribution in [0.4, 0.5) is 5.13 Å². The second kappa shape index (κ2) is 6.06. The molecule has 4 nitrogen and oxygen atoms in total. The first kappa shape index (κ1) is 13.2. The first-order chi connectivity index (χ1) is 8.65. The lowest BCUT2D eigenvalue weighted by Crippen LogP contribution is -2.11. The third-order valence-electron chi connectivity index (χ3n) is 2.40. The molecule has 0 saturated carbocycles. The zero-order chi connectivity index (χ0) is 13.0. The smallest absolute Gasteiger partial charge is 0.226 e. The number of rotatable bonds is 5. The molecule has 96 valence electrons. The highest BCUT2D eigenvalue weighted by Crippen LogP contribution is 2.22. The van der Waals surface area contributed by atoms with Gasteiger partial charge in [0.1, 0.15) is 5.01 Å². The van der Waals surface area contributed by atoms with Crippen molar-refractivity contribution in [1.29, 1.82) is 0 Å². The second-order valence-electron chi connectivity index (χ2n) is 4.28. The zero-order valence-corrected chi connectivity index (χ0v) is 12.0. The number of carbonyl (C=O) groups is 1. The molecule has 6 heteroatoms. The van der Waals surface area contributed by atoms with Crippen molar-refractivity contribution in [1.82, 2.24) is 10.2 Å². The molecule has 2 aromatic rings. The Bertz CT molecular complexity index is 505. The van der Waals surface area contributed by atoms with E-state index in [1.807, 2.05) is 11.4 Å². The van der Waals surface area contributed by atoms with E-state index in [4.69, 9.17) is 0 Å². The van der Waals surface area contributed by atoms with Crippen LogP contribution in [0.2, 0.25) is 0 Å². The van der Waals surface area contributed by atoms with Crippen LogP contribution in [0.1, 0.15) is 36.8 Å². The summed E-state index contributed by atoms with van der Waals surface area (Å²) in [5.74, 6) is 0.339. The van der Waals surface area contributed by atoms with E-state index >= 15 is 0 Å². The van der Waals surface area contributed by atoms with Crippen LogP contribution < -0.4 is 5.32 Å². The van der Waals surface area contributed by atoms with E-state index in [0.29, 0.717) is 17.5 Å². The number of hydrogen-bond acceptors (Lipinski definition) is 5. The van der Waals surface area contributed by atoms with Gasteiger partial charge >= 0.3 is 0 Å². The molecule has 2 rings (SSSR count). The summed E-state index contributed by atoms with van der Waals surface area (Å²) in [5, 5.41) is 16.4. The Morgan fingerprint density at radius 3 is 2.89 bits per heavy atom. The average molecular weight is 281 g/mol. The number of nitrogens with one attached hydrogen (secondary N) is 1. The Labute approximate surface area is 114 Å². The Balaban J connectivity index is 1.83. The van der Waals surface area contributed by atoms with Crippen molar-refractivity contribution in [2.75, 3.05) is 5.32 Å². The van der Waals surface area contributed by atoms with Gasteiger partial charge in [0, 0.05) is 12.3 Å². The normalized spacial score (nSPS) is 10.8. The van der Waals surface area contributed by atoms with Crippen LogP contribution in [0.15, 0.2) is 16.8 Å². The molecule has 0 bridgehead atoms. The summed E-state index contributed by atoms with van der Waals surface area (Å²) in [6.07, 6.45) is 1.25. The number of thiophene rings is 1. The maximum Gasteiger partial charge on any atom is 0.226 e. The lowest BCUT2D eigenvalue weighted by molar-refractivity contribution is -0.116. The summed E-state index contributed by atoms with van der Waals surface area (Å²) in [6.45, 7) is 4.12. The van der Waals surface area contributed by atoms with Gasteiger partial charge in [0.05, 0.1) is 0 Å². The highest BCUT2D eigenvalue weighted by atomic mass is 32.1. The molecule has 0 unspecified atom stereocenters. The minimum Gasteiger partial charge on any atom is -0.301 e. The van der Waals surface area contributed by atoms with Crippen molar-refractivity contribution in [2.24, 2.45) is 0 Å². The van der Waals surface area contributed by atoms with Crippen LogP contribution in [-0.4, -0.2) is 16.1 Å². The Morgan fingerprint density at radius 2 is 2.28 bits per heavy atom. The summed E-state index contributed by atoms with van der Waals surface area (Å²) in [5.41, 5.74) is 1.20. The van der Waals surface area contributed by atoms with E-state index in [2.05, 4.69) is 34.7 Å². The summed E-state index contributed by atoms with van der Waals surface area (Å²) in [6, 6.07) is 2.04. The third kappa shape index (κ3) is 3.61. The molecule has 1 amide bonds. The Hall–Kier alpha value is -1.27. The van der Waals surface area contributed by atoms with E-state index < -0.39 is 0 Å². The largest absolute Gasteiger partial charge is 0.301 e. The molecular formula is C12H15N3OS2. The average Bonchev–Trinajstić information content (AvgIpc) is 2.96. The molecule has 0 atom stereocenters. The number of aromatic nitrogens is 2. The fourth-order valence-electron chi connectivity index (χ4n) is 1.39. The molecule has 0 radical (unpaired) electrons. The van der Waals surface area contributed by atoms with Gasteiger partial charge in [-0.3, -0.25) is 4.79 Å². The van der Waals surface area contributed by atoms with Gasteiger partial charge in [-0.1, -0.05) is 25.2 Å². The molecule has 18 heavy (non-hydrogen) atoms. The first-order valence-electron chi connectivity index (χ1n) is 5.79. The van der Waals surface area contributed by atoms with Gasteiger partial charge in [0.2, 0.25) is 11.0 Å². The lowest BCUT2D eigenvalue weighted by Gasteiger charge is -1.99. The van der Waals surface area contributed by atoms with Crippen LogP contribution in [0.3, 0.4) is 0 Å². The number of aryl methyl sites for hydroxylation is 1. The third-order valence-corrected chi connectivity index (χ3v) is 4.27. The van der Waals surface area contributed by atoms with E-state index in [0.717, 1.165) is 11.4 Å². The highest BCUT2D eigenvalue weighted by molar-refractivity contribution is 7.15. The van der Waals surface area contributed by atoms with Gasteiger partial charge in [-0.2, -0.15) is 11.3 Å². The molecule has 0 spiro atoms. The van der Waals surface area contributed by atoms with E-state index in [1.165, 1.54) is 16.9 Å². The van der Waals surface area contributed by atoms with Crippen molar-refractivity contribution >= 4 is 33.7 Å². The molecular weight excluding hydrogens is 266 g/mol. The standard InChI is InChI=1S/C12H15N3OS2/c1-8(2)11-14-15-12(18-11)13-10(16)4-3-9-5-6-17-7-9/h5-8H,3-4H2,1-2H3,(H,13,15,16). The summed E-state index contributed by atoms with van der Waals surface area (Å²) >= 11 is 3.09. The lowest BCUT2D eigenvalue weighted by atomic mass is 10.2.